The van der Waals surface area contributed by atoms with E-state index in [4.69, 9.17) is 4.74 Å². The summed E-state index contributed by atoms with van der Waals surface area (Å²) < 4.78 is 47.0. The van der Waals surface area contributed by atoms with Gasteiger partial charge in [0.1, 0.15) is 12.4 Å². The van der Waals surface area contributed by atoms with Crippen LogP contribution >= 0.6 is 11.8 Å². The number of aromatic nitrogens is 3. The number of rotatable bonds is 13. The predicted molar refractivity (Wildman–Crippen MR) is 144 cm³/mol. The van der Waals surface area contributed by atoms with Gasteiger partial charge in [-0.2, -0.15) is 13.2 Å². The maximum Gasteiger partial charge on any atom is 0.416 e. The minimum absolute atomic E-state index is 0.0214. The normalized spacial score (nSPS) is 12.5. The first-order valence-electron chi connectivity index (χ1n) is 12.8. The fourth-order valence-electron chi connectivity index (χ4n) is 3.97. The van der Waals surface area contributed by atoms with Crippen molar-refractivity contribution in [3.63, 3.8) is 0 Å². The molecule has 0 aliphatic rings. The average molecular weight is 549 g/mol. The van der Waals surface area contributed by atoms with Crippen LogP contribution in [0.4, 0.5) is 18.9 Å². The summed E-state index contributed by atoms with van der Waals surface area (Å²) in [6.07, 6.45) is -0.475. The molecule has 2 aromatic carbocycles. The van der Waals surface area contributed by atoms with E-state index in [1.54, 1.807) is 0 Å². The van der Waals surface area contributed by atoms with Crippen LogP contribution in [0, 0.1) is 5.92 Å². The van der Waals surface area contributed by atoms with Crippen LogP contribution in [0.3, 0.4) is 0 Å². The molecule has 1 N–H and O–H groups in total. The van der Waals surface area contributed by atoms with Gasteiger partial charge < -0.3 is 14.6 Å². The highest BCUT2D eigenvalue weighted by molar-refractivity contribution is 7.99. The fourth-order valence-corrected chi connectivity index (χ4v) is 4.82. The molecule has 6 nitrogen and oxygen atoms in total. The molecule has 0 spiro atoms. The Morgan fingerprint density at radius 3 is 2.47 bits per heavy atom. The van der Waals surface area contributed by atoms with Crippen LogP contribution in [0.1, 0.15) is 70.0 Å². The van der Waals surface area contributed by atoms with Crippen LogP contribution in [0.5, 0.6) is 5.75 Å². The first kappa shape index (κ1) is 29.5. The number of carbonyl (C=O) groups is 1. The van der Waals surface area contributed by atoms with Gasteiger partial charge in [-0.3, -0.25) is 4.79 Å². The molecule has 0 aliphatic heterocycles. The molecule has 1 unspecified atom stereocenters. The molecule has 3 rings (SSSR count). The van der Waals surface area contributed by atoms with E-state index in [0.717, 1.165) is 43.6 Å². The Morgan fingerprint density at radius 2 is 1.82 bits per heavy atom. The van der Waals surface area contributed by atoms with Gasteiger partial charge in [-0.25, -0.2) is 0 Å². The molecular formula is C28H35F3N4O2S. The molecule has 1 aromatic heterocycles. The largest absolute Gasteiger partial charge is 0.486 e. The van der Waals surface area contributed by atoms with Gasteiger partial charge in [-0.15, -0.1) is 10.2 Å². The number of benzene rings is 2. The van der Waals surface area contributed by atoms with E-state index in [1.165, 1.54) is 29.5 Å². The molecule has 0 fully saturated rings. The van der Waals surface area contributed by atoms with Crippen LogP contribution in [-0.4, -0.2) is 26.4 Å². The molecular weight excluding hydrogens is 513 g/mol. The maximum atomic E-state index is 13.0. The van der Waals surface area contributed by atoms with E-state index in [9.17, 15) is 18.0 Å². The first-order valence-corrected chi connectivity index (χ1v) is 13.8. The van der Waals surface area contributed by atoms with Crippen molar-refractivity contribution in [2.24, 2.45) is 5.92 Å². The van der Waals surface area contributed by atoms with Gasteiger partial charge in [0.05, 0.1) is 11.3 Å². The standard InChI is InChI=1S/C28H35F3N4O2S/c1-5-21-12-14-24(15-13-21)37-17-25-33-34-27(35(25)20(4)9-6-8-19(2)3)38-18-26(36)32-23-11-7-10-22(16-23)28(29,30)31/h7,10-16,19-20H,5-6,8-9,17-18H2,1-4H3,(H,32,36). The van der Waals surface area contributed by atoms with Gasteiger partial charge in [-0.05, 0) is 61.6 Å². The van der Waals surface area contributed by atoms with E-state index in [-0.39, 0.29) is 24.1 Å². The Balaban J connectivity index is 1.69. The van der Waals surface area contributed by atoms with Crippen molar-refractivity contribution in [2.75, 3.05) is 11.1 Å². The Kier molecular flexibility index (Phi) is 10.6. The molecule has 1 atom stereocenters. The molecule has 3 aromatic rings. The molecule has 1 heterocycles. The van der Waals surface area contributed by atoms with Gasteiger partial charge in [0.2, 0.25) is 5.91 Å². The van der Waals surface area contributed by atoms with Crippen molar-refractivity contribution in [3.05, 3.63) is 65.5 Å². The number of anilines is 1. The summed E-state index contributed by atoms with van der Waals surface area (Å²) in [5.41, 5.74) is 0.505. The number of nitrogens with zero attached hydrogens (tertiary/aromatic N) is 3. The van der Waals surface area contributed by atoms with Crippen molar-refractivity contribution in [3.8, 4) is 5.75 Å². The number of halogens is 3. The molecule has 0 aliphatic carbocycles. The quantitative estimate of drug-likeness (QED) is 0.223. The second kappa shape index (κ2) is 13.7. The highest BCUT2D eigenvalue weighted by Crippen LogP contribution is 2.31. The van der Waals surface area contributed by atoms with Crippen LogP contribution in [0.25, 0.3) is 0 Å². The average Bonchev–Trinajstić information content (AvgIpc) is 3.29. The topological polar surface area (TPSA) is 69.0 Å². The first-order chi connectivity index (χ1) is 18.1. The number of hydrogen-bond donors (Lipinski definition) is 1. The SMILES string of the molecule is CCc1ccc(OCc2nnc(SCC(=O)Nc3cccc(C(F)(F)F)c3)n2C(C)CCCC(C)C)cc1. The molecule has 10 heteroatoms. The Hall–Kier alpha value is -3.01. The zero-order chi connectivity index (χ0) is 27.7. The lowest BCUT2D eigenvalue weighted by Crippen LogP contribution is -2.17. The third kappa shape index (κ3) is 8.79. The lowest BCUT2D eigenvalue weighted by atomic mass is 10.0. The van der Waals surface area contributed by atoms with Gasteiger partial charge in [0.15, 0.2) is 11.0 Å². The molecule has 0 radical (unpaired) electrons. The minimum atomic E-state index is -4.48. The fraction of sp³-hybridized carbons (Fsp3) is 0.464. The molecule has 206 valence electrons. The second-order valence-electron chi connectivity index (χ2n) is 9.64. The second-order valence-corrected chi connectivity index (χ2v) is 10.6. The van der Waals surface area contributed by atoms with Crippen molar-refractivity contribution < 1.29 is 22.7 Å². The zero-order valence-corrected chi connectivity index (χ0v) is 23.0. The summed E-state index contributed by atoms with van der Waals surface area (Å²) in [6, 6.07) is 12.6. The van der Waals surface area contributed by atoms with E-state index in [1.807, 2.05) is 28.8 Å². The number of ether oxygens (including phenoxy) is 1. The molecule has 0 saturated carbocycles. The van der Waals surface area contributed by atoms with E-state index < -0.39 is 17.6 Å². The van der Waals surface area contributed by atoms with Gasteiger partial charge in [-0.1, -0.05) is 63.6 Å². The van der Waals surface area contributed by atoms with E-state index in [0.29, 0.717) is 16.9 Å². The number of hydrogen-bond acceptors (Lipinski definition) is 5. The van der Waals surface area contributed by atoms with Crippen LogP contribution in [0.15, 0.2) is 53.7 Å². The molecule has 1 amide bonds. The van der Waals surface area contributed by atoms with E-state index >= 15 is 0 Å². The Morgan fingerprint density at radius 1 is 1.08 bits per heavy atom. The summed E-state index contributed by atoms with van der Waals surface area (Å²) in [5, 5.41) is 11.8. The van der Waals surface area contributed by atoms with Crippen molar-refractivity contribution in [1.82, 2.24) is 14.8 Å². The maximum absolute atomic E-state index is 13.0. The third-order valence-corrected chi connectivity index (χ3v) is 7.03. The van der Waals surface area contributed by atoms with Crippen LogP contribution < -0.4 is 10.1 Å². The highest BCUT2D eigenvalue weighted by atomic mass is 32.2. The summed E-state index contributed by atoms with van der Waals surface area (Å²) in [6.45, 7) is 8.80. The van der Waals surface area contributed by atoms with E-state index in [2.05, 4.69) is 43.2 Å². The smallest absolute Gasteiger partial charge is 0.416 e. The lowest BCUT2D eigenvalue weighted by molar-refractivity contribution is -0.137. The summed E-state index contributed by atoms with van der Waals surface area (Å²) >= 11 is 1.20. The van der Waals surface area contributed by atoms with Crippen LogP contribution in [-0.2, 0) is 24.0 Å². The Bertz CT molecular complexity index is 1180. The number of amides is 1. The monoisotopic (exact) mass is 548 g/mol. The number of alkyl halides is 3. The summed E-state index contributed by atoms with van der Waals surface area (Å²) in [4.78, 5) is 12.5. The Labute approximate surface area is 226 Å². The van der Waals surface area contributed by atoms with Crippen molar-refractivity contribution in [2.45, 2.75) is 77.4 Å². The lowest BCUT2D eigenvalue weighted by Gasteiger charge is -2.19. The molecule has 0 saturated heterocycles. The predicted octanol–water partition coefficient (Wildman–Crippen LogP) is 7.56. The summed E-state index contributed by atoms with van der Waals surface area (Å²) in [7, 11) is 0. The van der Waals surface area contributed by atoms with Gasteiger partial charge in [0.25, 0.3) is 0 Å². The highest BCUT2D eigenvalue weighted by Gasteiger charge is 2.30. The number of nitrogens with one attached hydrogen (secondary N) is 1. The third-order valence-electron chi connectivity index (χ3n) is 6.08. The van der Waals surface area contributed by atoms with Crippen molar-refractivity contribution in [1.29, 1.82) is 0 Å². The van der Waals surface area contributed by atoms with Gasteiger partial charge >= 0.3 is 6.18 Å². The van der Waals surface area contributed by atoms with Crippen molar-refractivity contribution >= 4 is 23.4 Å². The molecule has 38 heavy (non-hydrogen) atoms. The number of carbonyl (C=O) groups excluding carboxylic acids is 1. The minimum Gasteiger partial charge on any atom is -0.486 e. The van der Waals surface area contributed by atoms with Crippen LogP contribution in [0.2, 0.25) is 0 Å². The number of thioether (sulfide) groups is 1. The molecule has 0 bridgehead atoms. The zero-order valence-electron chi connectivity index (χ0n) is 22.2. The summed E-state index contributed by atoms with van der Waals surface area (Å²) in [5.74, 6) is 1.55. The number of aryl methyl sites for hydroxylation is 1. The van der Waals surface area contributed by atoms with Gasteiger partial charge in [0, 0.05) is 11.7 Å².